The summed E-state index contributed by atoms with van der Waals surface area (Å²) in [7, 11) is 0. The number of halogens is 1. The summed E-state index contributed by atoms with van der Waals surface area (Å²) in [4.78, 5) is 0. The van der Waals surface area contributed by atoms with Crippen LogP contribution in [0.2, 0.25) is 0 Å². The number of hydrogen-bond acceptors (Lipinski definition) is 1. The largest absolute Gasteiger partial charge is 0.393 e. The standard InChI is InChI=1S/C11H15BrO/c1-2-3-11(13)8-9-4-6-10(12)7-5-9/h4-7,11,13H,2-3,8H2,1H3. The van der Waals surface area contributed by atoms with Gasteiger partial charge in [0, 0.05) is 4.47 Å². The Balaban J connectivity index is 2.49. The lowest BCUT2D eigenvalue weighted by Crippen LogP contribution is -2.09. The van der Waals surface area contributed by atoms with Gasteiger partial charge in [-0.15, -0.1) is 0 Å². The predicted octanol–water partition coefficient (Wildman–Crippen LogP) is 3.15. The zero-order valence-corrected chi connectivity index (χ0v) is 9.42. The van der Waals surface area contributed by atoms with Gasteiger partial charge in [0.2, 0.25) is 0 Å². The van der Waals surface area contributed by atoms with Crippen molar-refractivity contribution in [1.82, 2.24) is 0 Å². The van der Waals surface area contributed by atoms with Crippen LogP contribution in [0, 0.1) is 0 Å². The minimum atomic E-state index is -0.189. The van der Waals surface area contributed by atoms with Crippen LogP contribution < -0.4 is 0 Å². The van der Waals surface area contributed by atoms with Crippen LogP contribution in [0.4, 0.5) is 0 Å². The Morgan fingerprint density at radius 2 is 1.92 bits per heavy atom. The normalized spacial score (nSPS) is 12.8. The molecule has 72 valence electrons. The van der Waals surface area contributed by atoms with Gasteiger partial charge in [-0.3, -0.25) is 0 Å². The van der Waals surface area contributed by atoms with Crippen molar-refractivity contribution >= 4 is 15.9 Å². The van der Waals surface area contributed by atoms with Crippen LogP contribution >= 0.6 is 15.9 Å². The maximum Gasteiger partial charge on any atom is 0.0580 e. The Morgan fingerprint density at radius 3 is 2.46 bits per heavy atom. The quantitative estimate of drug-likeness (QED) is 0.861. The second-order valence-electron chi connectivity index (χ2n) is 3.27. The van der Waals surface area contributed by atoms with E-state index in [4.69, 9.17) is 0 Å². The number of benzene rings is 1. The van der Waals surface area contributed by atoms with Crippen LogP contribution in [0.3, 0.4) is 0 Å². The fourth-order valence-electron chi connectivity index (χ4n) is 1.33. The SMILES string of the molecule is CCCC(O)Cc1ccc(Br)cc1. The van der Waals surface area contributed by atoms with E-state index < -0.39 is 0 Å². The molecule has 1 aromatic carbocycles. The molecule has 1 atom stereocenters. The molecule has 0 fully saturated rings. The highest BCUT2D eigenvalue weighted by Crippen LogP contribution is 2.13. The van der Waals surface area contributed by atoms with Crippen molar-refractivity contribution in [3.63, 3.8) is 0 Å². The van der Waals surface area contributed by atoms with E-state index in [0.717, 1.165) is 23.7 Å². The van der Waals surface area contributed by atoms with E-state index >= 15 is 0 Å². The van der Waals surface area contributed by atoms with E-state index in [-0.39, 0.29) is 6.10 Å². The Morgan fingerprint density at radius 1 is 1.31 bits per heavy atom. The van der Waals surface area contributed by atoms with Crippen LogP contribution in [-0.2, 0) is 6.42 Å². The Hall–Kier alpha value is -0.340. The second-order valence-corrected chi connectivity index (χ2v) is 4.19. The lowest BCUT2D eigenvalue weighted by Gasteiger charge is -2.08. The van der Waals surface area contributed by atoms with Gasteiger partial charge in [-0.05, 0) is 30.5 Å². The average molecular weight is 243 g/mol. The van der Waals surface area contributed by atoms with Gasteiger partial charge in [0.25, 0.3) is 0 Å². The number of aliphatic hydroxyl groups is 1. The van der Waals surface area contributed by atoms with E-state index in [0.29, 0.717) is 0 Å². The second kappa shape index (κ2) is 5.40. The van der Waals surface area contributed by atoms with Crippen molar-refractivity contribution in [2.24, 2.45) is 0 Å². The zero-order valence-electron chi connectivity index (χ0n) is 7.83. The number of rotatable bonds is 4. The van der Waals surface area contributed by atoms with Gasteiger partial charge in [-0.25, -0.2) is 0 Å². The summed E-state index contributed by atoms with van der Waals surface area (Å²) in [5.41, 5.74) is 1.20. The molecule has 2 heteroatoms. The first-order valence-electron chi connectivity index (χ1n) is 4.65. The molecule has 0 aliphatic rings. The molecule has 0 aliphatic carbocycles. The van der Waals surface area contributed by atoms with Crippen molar-refractivity contribution in [1.29, 1.82) is 0 Å². The minimum Gasteiger partial charge on any atom is -0.393 e. The molecule has 1 nitrogen and oxygen atoms in total. The summed E-state index contributed by atoms with van der Waals surface area (Å²) in [6.07, 6.45) is 2.50. The molecule has 13 heavy (non-hydrogen) atoms. The lowest BCUT2D eigenvalue weighted by molar-refractivity contribution is 0.164. The topological polar surface area (TPSA) is 20.2 Å². The summed E-state index contributed by atoms with van der Waals surface area (Å²) in [5, 5.41) is 9.56. The summed E-state index contributed by atoms with van der Waals surface area (Å²) >= 11 is 3.38. The summed E-state index contributed by atoms with van der Waals surface area (Å²) in [6, 6.07) is 8.11. The van der Waals surface area contributed by atoms with E-state index in [1.165, 1.54) is 5.56 Å². The van der Waals surface area contributed by atoms with Gasteiger partial charge < -0.3 is 5.11 Å². The van der Waals surface area contributed by atoms with Crippen LogP contribution in [0.15, 0.2) is 28.7 Å². The number of aliphatic hydroxyl groups excluding tert-OH is 1. The van der Waals surface area contributed by atoms with Gasteiger partial charge in [0.15, 0.2) is 0 Å². The molecule has 0 aliphatic heterocycles. The van der Waals surface area contributed by atoms with Gasteiger partial charge in [0.05, 0.1) is 6.10 Å². The summed E-state index contributed by atoms with van der Waals surface area (Å²) in [6.45, 7) is 2.09. The molecule has 1 N–H and O–H groups in total. The fourth-order valence-corrected chi connectivity index (χ4v) is 1.59. The molecule has 1 rings (SSSR count). The van der Waals surface area contributed by atoms with Crippen LogP contribution in [0.1, 0.15) is 25.3 Å². The number of hydrogen-bond donors (Lipinski definition) is 1. The monoisotopic (exact) mass is 242 g/mol. The Labute approximate surface area is 87.9 Å². The predicted molar refractivity (Wildman–Crippen MR) is 58.8 cm³/mol. The highest BCUT2D eigenvalue weighted by Gasteiger charge is 2.03. The molecule has 0 heterocycles. The van der Waals surface area contributed by atoms with Gasteiger partial charge in [-0.1, -0.05) is 41.4 Å². The molecule has 1 aromatic rings. The summed E-state index contributed by atoms with van der Waals surface area (Å²) < 4.78 is 1.08. The van der Waals surface area contributed by atoms with Gasteiger partial charge in [0.1, 0.15) is 0 Å². The third kappa shape index (κ3) is 3.92. The van der Waals surface area contributed by atoms with Crippen molar-refractivity contribution < 1.29 is 5.11 Å². The highest BCUT2D eigenvalue weighted by atomic mass is 79.9. The molecule has 1 unspecified atom stereocenters. The molecule has 0 saturated carbocycles. The Kier molecular flexibility index (Phi) is 4.46. The van der Waals surface area contributed by atoms with E-state index in [9.17, 15) is 5.11 Å². The van der Waals surface area contributed by atoms with Crippen molar-refractivity contribution in [2.75, 3.05) is 0 Å². The third-order valence-electron chi connectivity index (χ3n) is 2.01. The molecule has 0 bridgehead atoms. The van der Waals surface area contributed by atoms with Gasteiger partial charge >= 0.3 is 0 Å². The van der Waals surface area contributed by atoms with Crippen molar-refractivity contribution in [2.45, 2.75) is 32.3 Å². The molecule has 0 radical (unpaired) electrons. The molecular weight excluding hydrogens is 228 g/mol. The van der Waals surface area contributed by atoms with E-state index in [1.807, 2.05) is 24.3 Å². The average Bonchev–Trinajstić information content (AvgIpc) is 2.09. The maximum atomic E-state index is 9.56. The van der Waals surface area contributed by atoms with Crippen molar-refractivity contribution in [3.05, 3.63) is 34.3 Å². The summed E-state index contributed by atoms with van der Waals surface area (Å²) in [5.74, 6) is 0. The smallest absolute Gasteiger partial charge is 0.0580 e. The molecule has 0 aromatic heterocycles. The van der Waals surface area contributed by atoms with Crippen LogP contribution in [0.25, 0.3) is 0 Å². The molecule has 0 amide bonds. The zero-order chi connectivity index (χ0) is 9.68. The van der Waals surface area contributed by atoms with Crippen LogP contribution in [-0.4, -0.2) is 11.2 Å². The van der Waals surface area contributed by atoms with Crippen LogP contribution in [0.5, 0.6) is 0 Å². The maximum absolute atomic E-state index is 9.56. The first kappa shape index (κ1) is 10.7. The first-order chi connectivity index (χ1) is 6.22. The van der Waals surface area contributed by atoms with Crippen molar-refractivity contribution in [3.8, 4) is 0 Å². The fraction of sp³-hybridized carbons (Fsp3) is 0.455. The highest BCUT2D eigenvalue weighted by molar-refractivity contribution is 9.10. The molecule has 0 saturated heterocycles. The molecule has 0 spiro atoms. The molecular formula is C11H15BrO. The van der Waals surface area contributed by atoms with Gasteiger partial charge in [-0.2, -0.15) is 0 Å². The van der Waals surface area contributed by atoms with E-state index in [2.05, 4.69) is 22.9 Å². The third-order valence-corrected chi connectivity index (χ3v) is 2.54. The van der Waals surface area contributed by atoms with E-state index in [1.54, 1.807) is 0 Å². The lowest BCUT2D eigenvalue weighted by atomic mass is 10.1. The first-order valence-corrected chi connectivity index (χ1v) is 5.44. The minimum absolute atomic E-state index is 0.189. The Bertz CT molecular complexity index is 243.